The van der Waals surface area contributed by atoms with Crippen LogP contribution in [0.3, 0.4) is 0 Å². The highest BCUT2D eigenvalue weighted by Gasteiger charge is 2.38. The van der Waals surface area contributed by atoms with Crippen LogP contribution in [0.4, 0.5) is 11.4 Å². The maximum Gasteiger partial charge on any atom is 0.0630 e. The molecule has 0 fully saturated rings. The number of benzene rings is 7. The Bertz CT molecular complexity index is 2970. The third-order valence-corrected chi connectivity index (χ3v) is 11.6. The predicted molar refractivity (Wildman–Crippen MR) is 224 cm³/mol. The van der Waals surface area contributed by atoms with Gasteiger partial charge in [0.15, 0.2) is 0 Å². The molecule has 7 aromatic carbocycles. The molecule has 1 aliphatic carbocycles. The van der Waals surface area contributed by atoms with E-state index < -0.39 is 0 Å². The zero-order chi connectivity index (χ0) is 35.2. The Hall–Kier alpha value is -6.58. The van der Waals surface area contributed by atoms with Gasteiger partial charge in [-0.1, -0.05) is 108 Å². The average molecular weight is 680 g/mol. The number of hydrogen-bond donors (Lipinski definition) is 1. The van der Waals surface area contributed by atoms with E-state index in [0.29, 0.717) is 0 Å². The largest absolute Gasteiger partial charge is 0.355 e. The average Bonchev–Trinajstić information content (AvgIpc) is 3.85. The van der Waals surface area contributed by atoms with Crippen LogP contribution in [0.25, 0.3) is 66.0 Å². The highest BCUT2D eigenvalue weighted by Crippen LogP contribution is 2.49. The van der Waals surface area contributed by atoms with Crippen molar-refractivity contribution in [2.75, 3.05) is 4.90 Å². The number of nitrogens with zero attached hydrogens (tertiary/aromatic N) is 2. The van der Waals surface area contributed by atoms with E-state index in [9.17, 15) is 0 Å². The van der Waals surface area contributed by atoms with E-state index in [1.807, 2.05) is 0 Å². The van der Waals surface area contributed by atoms with Crippen LogP contribution in [0.15, 0.2) is 170 Å². The highest BCUT2D eigenvalue weighted by atomic mass is 15.2. The van der Waals surface area contributed by atoms with E-state index in [-0.39, 0.29) is 12.0 Å². The molecule has 2 aliphatic rings. The van der Waals surface area contributed by atoms with Crippen molar-refractivity contribution in [2.45, 2.75) is 25.8 Å². The summed E-state index contributed by atoms with van der Waals surface area (Å²) in [4.78, 5) is 6.20. The normalized spacial score (nSPS) is 16.5. The fourth-order valence-electron chi connectivity index (χ4n) is 8.93. The summed E-state index contributed by atoms with van der Waals surface area (Å²) in [6, 6.07) is 56.4. The molecule has 9 aromatic rings. The quantitative estimate of drug-likeness (QED) is 0.197. The molecular formula is C50H37N3. The second-order valence-electron chi connectivity index (χ2n) is 14.8. The van der Waals surface area contributed by atoms with Crippen LogP contribution in [-0.2, 0) is 0 Å². The third kappa shape index (κ3) is 4.67. The number of hydrogen-bond acceptors (Lipinski definition) is 1. The van der Waals surface area contributed by atoms with Gasteiger partial charge in [0, 0.05) is 55.6 Å². The van der Waals surface area contributed by atoms with Crippen LogP contribution >= 0.6 is 0 Å². The number of H-pyrrole nitrogens is 1. The number of rotatable bonds is 4. The molecule has 11 rings (SSSR count). The van der Waals surface area contributed by atoms with Crippen molar-refractivity contribution in [3.8, 4) is 16.8 Å². The number of anilines is 2. The summed E-state index contributed by atoms with van der Waals surface area (Å²) >= 11 is 0. The molecule has 53 heavy (non-hydrogen) atoms. The molecule has 3 heteroatoms. The van der Waals surface area contributed by atoms with Gasteiger partial charge in [0.2, 0.25) is 0 Å². The molecule has 0 saturated carbocycles. The minimum absolute atomic E-state index is 0.251. The molecular weight excluding hydrogens is 643 g/mol. The zero-order valence-electron chi connectivity index (χ0n) is 29.7. The van der Waals surface area contributed by atoms with Gasteiger partial charge < -0.3 is 14.5 Å². The Morgan fingerprint density at radius 2 is 1.11 bits per heavy atom. The fraction of sp³-hybridized carbons (Fsp3) is 0.0800. The number of aryl methyl sites for hydroxylation is 2. The minimum Gasteiger partial charge on any atom is -0.355 e. The topological polar surface area (TPSA) is 24.0 Å². The maximum atomic E-state index is 3.70. The van der Waals surface area contributed by atoms with Crippen molar-refractivity contribution in [3.05, 3.63) is 192 Å². The van der Waals surface area contributed by atoms with Gasteiger partial charge >= 0.3 is 0 Å². The van der Waals surface area contributed by atoms with E-state index in [0.717, 1.165) is 11.0 Å². The second-order valence-corrected chi connectivity index (χ2v) is 14.8. The van der Waals surface area contributed by atoms with Crippen molar-refractivity contribution >= 4 is 60.6 Å². The molecule has 0 amide bonds. The van der Waals surface area contributed by atoms with Crippen molar-refractivity contribution in [2.24, 2.45) is 0 Å². The smallest absolute Gasteiger partial charge is 0.0630 e. The van der Waals surface area contributed by atoms with Crippen LogP contribution in [0.2, 0.25) is 0 Å². The van der Waals surface area contributed by atoms with Crippen LogP contribution < -0.4 is 4.90 Å². The minimum atomic E-state index is 0.251. The van der Waals surface area contributed by atoms with E-state index in [4.69, 9.17) is 0 Å². The molecule has 3 heterocycles. The summed E-state index contributed by atoms with van der Waals surface area (Å²) in [6.45, 7) is 4.29. The maximum absolute atomic E-state index is 3.70. The van der Waals surface area contributed by atoms with Gasteiger partial charge in [-0.3, -0.25) is 0 Å². The van der Waals surface area contributed by atoms with Gasteiger partial charge in [0.05, 0.1) is 17.1 Å². The lowest BCUT2D eigenvalue weighted by molar-refractivity contribution is 0.747. The molecule has 0 bridgehead atoms. The Labute approximate surface area is 308 Å². The first-order valence-corrected chi connectivity index (χ1v) is 18.6. The van der Waals surface area contributed by atoms with Gasteiger partial charge in [-0.15, -0.1) is 0 Å². The summed E-state index contributed by atoms with van der Waals surface area (Å²) in [7, 11) is 0. The number of nitrogens with one attached hydrogen (secondary N) is 1. The van der Waals surface area contributed by atoms with Crippen molar-refractivity contribution in [3.63, 3.8) is 0 Å². The van der Waals surface area contributed by atoms with E-state index in [1.165, 1.54) is 88.6 Å². The number of aromatic nitrogens is 2. The van der Waals surface area contributed by atoms with Gasteiger partial charge in [0.25, 0.3) is 0 Å². The summed E-state index contributed by atoms with van der Waals surface area (Å²) in [5, 5.41) is 5.03. The molecule has 0 spiro atoms. The van der Waals surface area contributed by atoms with Crippen molar-refractivity contribution in [1.82, 2.24) is 9.55 Å². The molecule has 3 nitrogen and oxygen atoms in total. The van der Waals surface area contributed by atoms with Gasteiger partial charge in [-0.25, -0.2) is 0 Å². The first-order chi connectivity index (χ1) is 26.1. The van der Waals surface area contributed by atoms with Crippen LogP contribution in [0.1, 0.15) is 28.2 Å². The SMILES string of the molecule is Cc1ccc(N2c3ccccc3C3C=C(c4ccc5[nH]c6ccc(-c7ccc8c(c7)c7ccccc7n8-c7ccc(C)cc7)cc6c5c4)C=CC32)cc1. The van der Waals surface area contributed by atoms with E-state index in [1.54, 1.807) is 0 Å². The summed E-state index contributed by atoms with van der Waals surface area (Å²) in [5.41, 5.74) is 17.4. The van der Waals surface area contributed by atoms with E-state index >= 15 is 0 Å². The fourth-order valence-corrected chi connectivity index (χ4v) is 8.93. The van der Waals surface area contributed by atoms with Crippen molar-refractivity contribution in [1.29, 1.82) is 0 Å². The number of para-hydroxylation sites is 2. The third-order valence-electron chi connectivity index (χ3n) is 11.6. The zero-order valence-corrected chi connectivity index (χ0v) is 29.7. The molecule has 252 valence electrons. The molecule has 0 saturated heterocycles. The summed E-state index contributed by atoms with van der Waals surface area (Å²) < 4.78 is 2.39. The lowest BCUT2D eigenvalue weighted by Crippen LogP contribution is -2.28. The molecule has 1 N–H and O–H groups in total. The highest BCUT2D eigenvalue weighted by molar-refractivity contribution is 6.12. The molecule has 1 aliphatic heterocycles. The molecule has 0 radical (unpaired) electrons. The van der Waals surface area contributed by atoms with Gasteiger partial charge in [-0.2, -0.15) is 0 Å². The standard InChI is InChI=1S/C50H37N3/c1-31-11-19-37(20-12-31)52-47-9-5-3-7-39(47)43-29-35(17-25-49(43)52)33-15-23-45-41(27-33)42-28-34(16-24-46(42)51-45)36-18-26-50-44(30-36)40-8-4-6-10-48(40)53(50)38-21-13-32(2)14-22-38/h3-30,43,49,51H,1-2H3. The first kappa shape index (κ1) is 30.1. The van der Waals surface area contributed by atoms with Gasteiger partial charge in [0.1, 0.15) is 0 Å². The lowest BCUT2D eigenvalue weighted by atomic mass is 9.86. The Morgan fingerprint density at radius 3 is 1.89 bits per heavy atom. The lowest BCUT2D eigenvalue weighted by Gasteiger charge is -2.30. The Balaban J connectivity index is 0.987. The molecule has 2 atom stereocenters. The first-order valence-electron chi connectivity index (χ1n) is 18.6. The Morgan fingerprint density at radius 1 is 0.509 bits per heavy atom. The number of fused-ring (bicyclic) bond motifs is 9. The Kier molecular flexibility index (Phi) is 6.51. The number of allylic oxidation sites excluding steroid dienone is 2. The van der Waals surface area contributed by atoms with E-state index in [2.05, 4.69) is 198 Å². The molecule has 2 unspecified atom stereocenters. The summed E-state index contributed by atoms with van der Waals surface area (Å²) in [5.74, 6) is 0.282. The van der Waals surface area contributed by atoms with Crippen LogP contribution in [0, 0.1) is 13.8 Å². The monoisotopic (exact) mass is 679 g/mol. The summed E-state index contributed by atoms with van der Waals surface area (Å²) in [6.07, 6.45) is 7.22. The second kappa shape index (κ2) is 11.5. The van der Waals surface area contributed by atoms with Crippen LogP contribution in [0.5, 0.6) is 0 Å². The van der Waals surface area contributed by atoms with Crippen molar-refractivity contribution < 1.29 is 0 Å². The predicted octanol–water partition coefficient (Wildman–Crippen LogP) is 13.0. The number of aromatic amines is 1. The van der Waals surface area contributed by atoms with Crippen LogP contribution in [-0.4, -0.2) is 15.6 Å². The molecule has 2 aromatic heterocycles. The van der Waals surface area contributed by atoms with Gasteiger partial charge in [-0.05, 0) is 114 Å².